The van der Waals surface area contributed by atoms with E-state index in [1.807, 2.05) is 6.07 Å². The number of benzene rings is 1. The number of nitrogens with zero attached hydrogens (tertiary/aromatic N) is 1. The molecule has 0 aromatic heterocycles. The summed E-state index contributed by atoms with van der Waals surface area (Å²) in [7, 11) is 0. The standard InChI is InChI=1S/C15H18FN/c1-12-6-8-15(11-17,9-7-12)10-13-4-2-3-5-14(13)16/h2-5,12H,6-10H2,1H3. The Bertz CT molecular complexity index is 425. The fourth-order valence-electron chi connectivity index (χ4n) is 2.65. The zero-order valence-electron chi connectivity index (χ0n) is 10.2. The highest BCUT2D eigenvalue weighted by Crippen LogP contribution is 2.41. The maximum atomic E-state index is 13.6. The molecule has 0 saturated heterocycles. The van der Waals surface area contributed by atoms with Gasteiger partial charge in [0, 0.05) is 0 Å². The van der Waals surface area contributed by atoms with Crippen LogP contribution in [-0.2, 0) is 6.42 Å². The second-order valence-corrected chi connectivity index (χ2v) is 5.34. The maximum absolute atomic E-state index is 13.6. The number of hydrogen-bond acceptors (Lipinski definition) is 1. The number of rotatable bonds is 2. The van der Waals surface area contributed by atoms with Crippen LogP contribution in [-0.4, -0.2) is 0 Å². The Kier molecular flexibility index (Phi) is 3.47. The normalized spacial score (nSPS) is 28.6. The summed E-state index contributed by atoms with van der Waals surface area (Å²) in [6.45, 7) is 2.23. The van der Waals surface area contributed by atoms with Gasteiger partial charge >= 0.3 is 0 Å². The van der Waals surface area contributed by atoms with Gasteiger partial charge in [0.2, 0.25) is 0 Å². The summed E-state index contributed by atoms with van der Waals surface area (Å²) in [5, 5.41) is 9.41. The Labute approximate surface area is 102 Å². The molecule has 1 aromatic carbocycles. The lowest BCUT2D eigenvalue weighted by Gasteiger charge is -2.33. The van der Waals surface area contributed by atoms with Crippen LogP contribution in [0.2, 0.25) is 0 Å². The minimum atomic E-state index is -0.339. The molecular formula is C15H18FN. The van der Waals surface area contributed by atoms with Crippen molar-refractivity contribution in [1.82, 2.24) is 0 Å². The number of nitriles is 1. The fourth-order valence-corrected chi connectivity index (χ4v) is 2.65. The molecule has 0 amide bonds. The SMILES string of the molecule is CC1CCC(C#N)(Cc2ccccc2F)CC1. The van der Waals surface area contributed by atoms with Crippen molar-refractivity contribution >= 4 is 0 Å². The molecule has 2 heteroatoms. The van der Waals surface area contributed by atoms with Gasteiger partial charge in [0.05, 0.1) is 11.5 Å². The molecule has 0 radical (unpaired) electrons. The zero-order valence-corrected chi connectivity index (χ0v) is 10.2. The third-order valence-electron chi connectivity index (χ3n) is 3.96. The van der Waals surface area contributed by atoms with Crippen LogP contribution in [0.3, 0.4) is 0 Å². The van der Waals surface area contributed by atoms with E-state index in [2.05, 4.69) is 13.0 Å². The second-order valence-electron chi connectivity index (χ2n) is 5.34. The summed E-state index contributed by atoms with van der Waals surface area (Å²) in [5.74, 6) is 0.526. The van der Waals surface area contributed by atoms with Crippen LogP contribution in [0.5, 0.6) is 0 Å². The molecule has 0 heterocycles. The van der Waals surface area contributed by atoms with Crippen molar-refractivity contribution in [3.05, 3.63) is 35.6 Å². The first-order valence-electron chi connectivity index (χ1n) is 6.30. The molecule has 0 bridgehead atoms. The maximum Gasteiger partial charge on any atom is 0.126 e. The van der Waals surface area contributed by atoms with Crippen LogP contribution in [0.25, 0.3) is 0 Å². The Morgan fingerprint density at radius 2 is 2.00 bits per heavy atom. The molecule has 1 aliphatic carbocycles. The van der Waals surface area contributed by atoms with Gasteiger partial charge in [0.1, 0.15) is 5.82 Å². The Hall–Kier alpha value is -1.36. The second kappa shape index (κ2) is 4.87. The molecule has 1 saturated carbocycles. The topological polar surface area (TPSA) is 23.8 Å². The quantitative estimate of drug-likeness (QED) is 0.752. The molecule has 1 aliphatic rings. The summed E-state index contributed by atoms with van der Waals surface area (Å²) >= 11 is 0. The van der Waals surface area contributed by atoms with E-state index in [1.165, 1.54) is 6.07 Å². The van der Waals surface area contributed by atoms with E-state index in [0.717, 1.165) is 25.7 Å². The van der Waals surface area contributed by atoms with E-state index in [0.29, 0.717) is 17.9 Å². The van der Waals surface area contributed by atoms with Crippen molar-refractivity contribution in [2.45, 2.75) is 39.0 Å². The predicted molar refractivity (Wildman–Crippen MR) is 65.8 cm³/mol. The first kappa shape index (κ1) is 12.1. The number of hydrogen-bond donors (Lipinski definition) is 0. The summed E-state index contributed by atoms with van der Waals surface area (Å²) in [6, 6.07) is 9.26. The van der Waals surface area contributed by atoms with Gasteiger partial charge in [-0.1, -0.05) is 25.1 Å². The van der Waals surface area contributed by atoms with E-state index >= 15 is 0 Å². The third-order valence-corrected chi connectivity index (χ3v) is 3.96. The predicted octanol–water partition coefficient (Wildman–Crippen LogP) is 4.09. The van der Waals surface area contributed by atoms with Crippen molar-refractivity contribution in [1.29, 1.82) is 5.26 Å². The molecule has 90 valence electrons. The zero-order chi connectivity index (χ0) is 12.3. The lowest BCUT2D eigenvalue weighted by atomic mass is 9.69. The van der Waals surface area contributed by atoms with Crippen LogP contribution >= 0.6 is 0 Å². The average molecular weight is 231 g/mol. The highest BCUT2D eigenvalue weighted by Gasteiger charge is 2.34. The van der Waals surface area contributed by atoms with Crippen LogP contribution in [0.1, 0.15) is 38.2 Å². The van der Waals surface area contributed by atoms with Gasteiger partial charge in [-0.05, 0) is 49.7 Å². The van der Waals surface area contributed by atoms with Crippen molar-refractivity contribution in [3.8, 4) is 6.07 Å². The first-order chi connectivity index (χ1) is 8.15. The van der Waals surface area contributed by atoms with E-state index in [4.69, 9.17) is 0 Å². The summed E-state index contributed by atoms with van der Waals surface area (Å²) in [6.07, 6.45) is 4.53. The highest BCUT2D eigenvalue weighted by molar-refractivity contribution is 5.21. The van der Waals surface area contributed by atoms with Gasteiger partial charge < -0.3 is 0 Å². The number of halogens is 1. The molecule has 0 aliphatic heterocycles. The first-order valence-corrected chi connectivity index (χ1v) is 6.30. The molecule has 1 fully saturated rings. The van der Waals surface area contributed by atoms with Gasteiger partial charge in [-0.3, -0.25) is 0 Å². The molecule has 17 heavy (non-hydrogen) atoms. The molecule has 0 unspecified atom stereocenters. The Morgan fingerprint density at radius 1 is 1.35 bits per heavy atom. The van der Waals surface area contributed by atoms with Crippen LogP contribution < -0.4 is 0 Å². The highest BCUT2D eigenvalue weighted by atomic mass is 19.1. The van der Waals surface area contributed by atoms with Crippen LogP contribution in [0, 0.1) is 28.5 Å². The average Bonchev–Trinajstić information content (AvgIpc) is 2.35. The lowest BCUT2D eigenvalue weighted by molar-refractivity contribution is 0.217. The summed E-state index contributed by atoms with van der Waals surface area (Å²) in [4.78, 5) is 0. The molecule has 0 N–H and O–H groups in total. The van der Waals surface area contributed by atoms with E-state index in [-0.39, 0.29) is 11.2 Å². The monoisotopic (exact) mass is 231 g/mol. The molecule has 1 nitrogen and oxygen atoms in total. The molecular weight excluding hydrogens is 213 g/mol. The van der Waals surface area contributed by atoms with Crippen molar-refractivity contribution in [2.75, 3.05) is 0 Å². The Balaban J connectivity index is 2.16. The van der Waals surface area contributed by atoms with Gasteiger partial charge in [-0.25, -0.2) is 4.39 Å². The van der Waals surface area contributed by atoms with Gasteiger partial charge in [0.25, 0.3) is 0 Å². The van der Waals surface area contributed by atoms with Gasteiger partial charge in [-0.2, -0.15) is 5.26 Å². The van der Waals surface area contributed by atoms with E-state index < -0.39 is 0 Å². The van der Waals surface area contributed by atoms with Gasteiger partial charge in [-0.15, -0.1) is 0 Å². The van der Waals surface area contributed by atoms with Gasteiger partial charge in [0.15, 0.2) is 0 Å². The third kappa shape index (κ3) is 2.66. The fraction of sp³-hybridized carbons (Fsp3) is 0.533. The molecule has 0 spiro atoms. The van der Waals surface area contributed by atoms with Crippen LogP contribution in [0.4, 0.5) is 4.39 Å². The van der Waals surface area contributed by atoms with Crippen LogP contribution in [0.15, 0.2) is 24.3 Å². The summed E-state index contributed by atoms with van der Waals surface area (Å²) in [5.41, 5.74) is 0.345. The lowest BCUT2D eigenvalue weighted by Crippen LogP contribution is -2.28. The largest absolute Gasteiger partial charge is 0.207 e. The molecule has 1 aromatic rings. The minimum Gasteiger partial charge on any atom is -0.207 e. The summed E-state index contributed by atoms with van der Waals surface area (Å²) < 4.78 is 13.6. The van der Waals surface area contributed by atoms with E-state index in [1.54, 1.807) is 12.1 Å². The van der Waals surface area contributed by atoms with Crippen molar-refractivity contribution in [2.24, 2.45) is 11.3 Å². The molecule has 0 atom stereocenters. The minimum absolute atomic E-state index is 0.180. The smallest absolute Gasteiger partial charge is 0.126 e. The molecule has 2 rings (SSSR count). The Morgan fingerprint density at radius 3 is 2.59 bits per heavy atom. The van der Waals surface area contributed by atoms with E-state index in [9.17, 15) is 9.65 Å². The van der Waals surface area contributed by atoms with Crippen molar-refractivity contribution < 1.29 is 4.39 Å². The van der Waals surface area contributed by atoms with Crippen molar-refractivity contribution in [3.63, 3.8) is 0 Å².